The Bertz CT molecular complexity index is 1220. The number of carbonyl (C=O) groups is 2. The first-order valence-electron chi connectivity index (χ1n) is 11.0. The second-order valence-electron chi connectivity index (χ2n) is 8.07. The number of esters is 1. The Morgan fingerprint density at radius 1 is 1.18 bits per heavy atom. The molecule has 0 spiro atoms. The Morgan fingerprint density at radius 2 is 1.91 bits per heavy atom. The number of aryl methyl sites for hydroxylation is 1. The molecule has 2 N–H and O–H groups in total. The van der Waals surface area contributed by atoms with Crippen LogP contribution < -0.4 is 5.32 Å². The van der Waals surface area contributed by atoms with Gasteiger partial charge in [-0.2, -0.15) is 0 Å². The monoisotopic (exact) mass is 478 g/mol. The van der Waals surface area contributed by atoms with Crippen molar-refractivity contribution < 1.29 is 19.4 Å². The molecule has 0 amide bonds. The number of benzene rings is 1. The van der Waals surface area contributed by atoms with Crippen molar-refractivity contribution in [1.82, 2.24) is 19.8 Å². The number of hydrogen-bond acceptors (Lipinski definition) is 5. The standard InChI is InChI=1S/C25H26N4O4S/c1-4-33-21(30)14-28-23(22(27-25(28)34)20-7-5-6-12-26-20)19-13-15(2)29(16(19)3)18-10-8-17(9-11-18)24(31)32/h5-13,22-23H,4,14H2,1-3H3,(H,27,34)(H,31,32)/t22-,23+/m0/s1. The van der Waals surface area contributed by atoms with Gasteiger partial charge in [-0.1, -0.05) is 6.07 Å². The van der Waals surface area contributed by atoms with E-state index in [4.69, 9.17) is 17.0 Å². The summed E-state index contributed by atoms with van der Waals surface area (Å²) in [4.78, 5) is 30.1. The molecule has 176 valence electrons. The first-order chi connectivity index (χ1) is 16.3. The number of thiocarbonyl (C=S) groups is 1. The predicted molar refractivity (Wildman–Crippen MR) is 131 cm³/mol. The van der Waals surface area contributed by atoms with E-state index in [2.05, 4.69) is 20.9 Å². The highest BCUT2D eigenvalue weighted by molar-refractivity contribution is 7.80. The summed E-state index contributed by atoms with van der Waals surface area (Å²) in [5.41, 5.74) is 4.83. The molecule has 1 saturated heterocycles. The second-order valence-corrected chi connectivity index (χ2v) is 8.46. The summed E-state index contributed by atoms with van der Waals surface area (Å²) in [6, 6.07) is 14.0. The zero-order valence-electron chi connectivity index (χ0n) is 19.2. The maximum Gasteiger partial charge on any atom is 0.335 e. The molecule has 0 radical (unpaired) electrons. The minimum atomic E-state index is -0.966. The van der Waals surface area contributed by atoms with Crippen LogP contribution in [0.4, 0.5) is 0 Å². The fraction of sp³-hybridized carbons (Fsp3) is 0.280. The fourth-order valence-corrected chi connectivity index (χ4v) is 4.80. The van der Waals surface area contributed by atoms with Crippen molar-refractivity contribution in [1.29, 1.82) is 0 Å². The Morgan fingerprint density at radius 3 is 2.53 bits per heavy atom. The Hall–Kier alpha value is -3.72. The molecule has 1 aliphatic heterocycles. The van der Waals surface area contributed by atoms with Crippen molar-refractivity contribution in [2.24, 2.45) is 0 Å². The van der Waals surface area contributed by atoms with E-state index in [1.165, 1.54) is 0 Å². The van der Waals surface area contributed by atoms with Gasteiger partial charge in [0.2, 0.25) is 0 Å². The molecule has 2 aromatic heterocycles. The second kappa shape index (κ2) is 9.64. The molecule has 0 bridgehead atoms. The van der Waals surface area contributed by atoms with Gasteiger partial charge in [-0.3, -0.25) is 9.78 Å². The lowest BCUT2D eigenvalue weighted by atomic mass is 9.97. The third-order valence-electron chi connectivity index (χ3n) is 5.96. The summed E-state index contributed by atoms with van der Waals surface area (Å²) in [5, 5.41) is 13.0. The molecule has 0 aliphatic carbocycles. The zero-order chi connectivity index (χ0) is 24.4. The predicted octanol–water partition coefficient (Wildman–Crippen LogP) is 3.72. The number of aromatic carboxylic acids is 1. The van der Waals surface area contributed by atoms with Crippen LogP contribution in [0.2, 0.25) is 0 Å². The zero-order valence-corrected chi connectivity index (χ0v) is 20.0. The average molecular weight is 479 g/mol. The summed E-state index contributed by atoms with van der Waals surface area (Å²) in [6.07, 6.45) is 1.73. The lowest BCUT2D eigenvalue weighted by molar-refractivity contribution is -0.143. The van der Waals surface area contributed by atoms with Crippen molar-refractivity contribution in [3.8, 4) is 5.69 Å². The van der Waals surface area contributed by atoms with Gasteiger partial charge in [-0.25, -0.2) is 4.79 Å². The van der Waals surface area contributed by atoms with E-state index >= 15 is 0 Å². The van der Waals surface area contributed by atoms with Gasteiger partial charge in [-0.15, -0.1) is 0 Å². The number of carboxylic acids is 1. The molecule has 1 aromatic carbocycles. The van der Waals surface area contributed by atoms with Crippen molar-refractivity contribution in [3.05, 3.63) is 82.9 Å². The minimum absolute atomic E-state index is 0.0185. The van der Waals surface area contributed by atoms with Gasteiger partial charge in [0.25, 0.3) is 0 Å². The maximum absolute atomic E-state index is 12.4. The lowest BCUT2D eigenvalue weighted by Gasteiger charge is -2.27. The lowest BCUT2D eigenvalue weighted by Crippen LogP contribution is -2.35. The van der Waals surface area contributed by atoms with E-state index in [1.807, 2.05) is 36.9 Å². The first-order valence-corrected chi connectivity index (χ1v) is 11.4. The van der Waals surface area contributed by atoms with Gasteiger partial charge >= 0.3 is 11.9 Å². The first kappa shape index (κ1) is 23.4. The van der Waals surface area contributed by atoms with Gasteiger partial charge in [0.15, 0.2) is 5.11 Å². The van der Waals surface area contributed by atoms with E-state index in [9.17, 15) is 14.7 Å². The van der Waals surface area contributed by atoms with Gasteiger partial charge < -0.3 is 24.6 Å². The van der Waals surface area contributed by atoms with Gasteiger partial charge in [0.1, 0.15) is 6.54 Å². The molecular formula is C25H26N4O4S. The van der Waals surface area contributed by atoms with Crippen molar-refractivity contribution >= 4 is 29.3 Å². The van der Waals surface area contributed by atoms with Crippen LogP contribution in [0.15, 0.2) is 54.7 Å². The minimum Gasteiger partial charge on any atom is -0.478 e. The number of carbonyl (C=O) groups excluding carboxylic acids is 1. The third-order valence-corrected chi connectivity index (χ3v) is 6.32. The molecule has 0 saturated carbocycles. The summed E-state index contributed by atoms with van der Waals surface area (Å²) in [7, 11) is 0. The number of rotatable bonds is 7. The molecule has 3 heterocycles. The molecule has 34 heavy (non-hydrogen) atoms. The number of nitrogens with zero attached hydrogens (tertiary/aromatic N) is 3. The molecule has 1 aliphatic rings. The van der Waals surface area contributed by atoms with E-state index in [-0.39, 0.29) is 30.2 Å². The number of pyridine rings is 1. The van der Waals surface area contributed by atoms with E-state index in [0.717, 1.165) is 28.3 Å². The average Bonchev–Trinajstić information content (AvgIpc) is 3.29. The highest BCUT2D eigenvalue weighted by atomic mass is 32.1. The SMILES string of the molecule is CCOC(=O)CN1C(=S)N[C@@H](c2ccccn2)[C@H]1c1cc(C)n(-c2ccc(C(=O)O)cc2)c1C. The Kier molecular flexibility index (Phi) is 6.65. The topological polar surface area (TPSA) is 96.7 Å². The van der Waals surface area contributed by atoms with Crippen LogP contribution in [0.1, 0.15) is 52.0 Å². The highest BCUT2D eigenvalue weighted by Gasteiger charge is 2.42. The normalized spacial score (nSPS) is 17.5. The summed E-state index contributed by atoms with van der Waals surface area (Å²) >= 11 is 5.63. The summed E-state index contributed by atoms with van der Waals surface area (Å²) in [5.74, 6) is -1.32. The Balaban J connectivity index is 1.79. The van der Waals surface area contributed by atoms with Crippen LogP contribution in [0, 0.1) is 13.8 Å². The molecular weight excluding hydrogens is 452 g/mol. The van der Waals surface area contributed by atoms with Gasteiger partial charge in [-0.05, 0) is 81.0 Å². The Labute approximate surface area is 203 Å². The third kappa shape index (κ3) is 4.38. The van der Waals surface area contributed by atoms with Crippen molar-refractivity contribution in [2.45, 2.75) is 32.9 Å². The summed E-state index contributed by atoms with van der Waals surface area (Å²) < 4.78 is 7.27. The molecule has 4 rings (SSSR count). The van der Waals surface area contributed by atoms with Crippen LogP contribution in [-0.2, 0) is 9.53 Å². The fourth-order valence-electron chi connectivity index (χ4n) is 4.50. The maximum atomic E-state index is 12.4. The number of nitrogens with one attached hydrogen (secondary N) is 1. The van der Waals surface area contributed by atoms with Gasteiger partial charge in [0, 0.05) is 23.3 Å². The number of aromatic nitrogens is 2. The van der Waals surface area contributed by atoms with Crippen molar-refractivity contribution in [2.75, 3.05) is 13.2 Å². The van der Waals surface area contributed by atoms with Gasteiger partial charge in [0.05, 0.1) is 29.9 Å². The number of hydrogen-bond donors (Lipinski definition) is 2. The van der Waals surface area contributed by atoms with E-state index < -0.39 is 5.97 Å². The molecule has 1 fully saturated rings. The molecule has 0 unspecified atom stereocenters. The largest absolute Gasteiger partial charge is 0.478 e. The molecule has 2 atom stereocenters. The smallest absolute Gasteiger partial charge is 0.335 e. The van der Waals surface area contributed by atoms with Crippen molar-refractivity contribution in [3.63, 3.8) is 0 Å². The molecule has 3 aromatic rings. The van der Waals surface area contributed by atoms with Crippen LogP contribution in [0.25, 0.3) is 5.69 Å². The highest BCUT2D eigenvalue weighted by Crippen LogP contribution is 2.41. The number of carboxylic acid groups (broad SMARTS) is 1. The molecule has 9 heteroatoms. The number of ether oxygens (including phenoxy) is 1. The van der Waals surface area contributed by atoms with Crippen LogP contribution in [-0.4, -0.2) is 49.8 Å². The van der Waals surface area contributed by atoms with Crippen LogP contribution in [0.3, 0.4) is 0 Å². The van der Waals surface area contributed by atoms with E-state index in [0.29, 0.717) is 11.7 Å². The quantitative estimate of drug-likeness (QED) is 0.392. The van der Waals surface area contributed by atoms with Crippen LogP contribution in [0.5, 0.6) is 0 Å². The molecule has 8 nitrogen and oxygen atoms in total. The van der Waals surface area contributed by atoms with E-state index in [1.54, 1.807) is 37.4 Å². The van der Waals surface area contributed by atoms with Crippen LogP contribution >= 0.6 is 12.2 Å². The summed E-state index contributed by atoms with van der Waals surface area (Å²) in [6.45, 7) is 6.09.